The molecule has 2 aromatic carbocycles. The number of methoxy groups -OCH3 is 2. The molecule has 0 saturated carbocycles. The van der Waals surface area contributed by atoms with Crippen molar-refractivity contribution in [1.82, 2.24) is 13.7 Å². The zero-order valence-electron chi connectivity index (χ0n) is 42.1. The van der Waals surface area contributed by atoms with Crippen LogP contribution in [0, 0.1) is 28.1 Å². The van der Waals surface area contributed by atoms with E-state index in [1.54, 1.807) is 24.3 Å². The predicted octanol–water partition coefficient (Wildman–Crippen LogP) is 5.25. The van der Waals surface area contributed by atoms with Crippen LogP contribution in [0.15, 0.2) is 125 Å². The number of nitrogens with zero attached hydrogens (tertiary/aromatic N) is 5. The molecule has 0 bridgehead atoms. The number of benzene rings is 2. The van der Waals surface area contributed by atoms with E-state index in [1.807, 2.05) is 48.5 Å². The van der Waals surface area contributed by atoms with Gasteiger partial charge in [0.25, 0.3) is 5.79 Å². The molecule has 0 aliphatic heterocycles. The Morgan fingerprint density at radius 3 is 1.11 bits per heavy atom. The lowest BCUT2D eigenvalue weighted by molar-refractivity contribution is -0.176. The number of nitriles is 2. The van der Waals surface area contributed by atoms with Crippen molar-refractivity contribution in [3.63, 3.8) is 0 Å². The molecule has 72 heavy (non-hydrogen) atoms. The van der Waals surface area contributed by atoms with Gasteiger partial charge in [-0.2, -0.15) is 61.0 Å². The summed E-state index contributed by atoms with van der Waals surface area (Å²) in [4.78, 5) is 95.6. The number of carbonyl (C=O) groups excluding carboxylic acids is 5. The van der Waals surface area contributed by atoms with Crippen molar-refractivity contribution in [2.24, 2.45) is 5.41 Å². The maximum Gasteiger partial charge on any atom is 0.336 e. The van der Waals surface area contributed by atoms with Crippen LogP contribution in [0.2, 0.25) is 0 Å². The summed E-state index contributed by atoms with van der Waals surface area (Å²) < 4.78 is 44.5. The Morgan fingerprint density at radius 1 is 0.569 bits per heavy atom. The molecular weight excluding hydrogens is 1010 g/mol. The Bertz CT molecular complexity index is 2280. The Kier molecular flexibility index (Phi) is 33.9. The highest BCUT2D eigenvalue weighted by atomic mass is 32.1. The number of hydrogen-bond acceptors (Lipinski definition) is 20. The van der Waals surface area contributed by atoms with Gasteiger partial charge in [-0.1, -0.05) is 78.9 Å². The number of ether oxygens (including phenoxy) is 6. The van der Waals surface area contributed by atoms with Gasteiger partial charge >= 0.3 is 40.9 Å². The third-order valence-electron chi connectivity index (χ3n) is 9.04. The molecule has 0 radical (unpaired) electrons. The molecule has 1 aromatic heterocycles. The van der Waals surface area contributed by atoms with Gasteiger partial charge in [0.1, 0.15) is 31.8 Å². The van der Waals surface area contributed by atoms with Crippen LogP contribution < -0.4 is 17.1 Å². The number of aromatic nitrogens is 3. The topological polar surface area (TPSA) is 254 Å². The summed E-state index contributed by atoms with van der Waals surface area (Å²) in [5.74, 6) is -2.60. The molecule has 394 valence electrons. The first-order chi connectivity index (χ1) is 35.6. The molecule has 3 rings (SSSR count). The van der Waals surface area contributed by atoms with Crippen LogP contribution in [-0.4, -0.2) is 107 Å². The summed E-state index contributed by atoms with van der Waals surface area (Å²) in [6.45, 7) is 9.45. The van der Waals surface area contributed by atoms with Gasteiger partial charge in [0, 0.05) is 64.9 Å². The number of Topliss-reactive ketones (excluding diaryl/α,β-unsaturated/α-hetero) is 1. The Labute approximate surface area is 444 Å². The molecule has 0 unspecified atom stereocenters. The van der Waals surface area contributed by atoms with Crippen molar-refractivity contribution in [1.29, 1.82) is 10.5 Å². The van der Waals surface area contributed by atoms with E-state index in [0.29, 0.717) is 11.1 Å². The Hall–Kier alpha value is -6.34. The fourth-order valence-electron chi connectivity index (χ4n) is 5.52. The first-order valence-corrected chi connectivity index (χ1v) is 24.1. The first-order valence-electron chi connectivity index (χ1n) is 22.6. The average Bonchev–Trinajstić information content (AvgIpc) is 3.41. The minimum absolute atomic E-state index is 0. The summed E-state index contributed by atoms with van der Waals surface area (Å²) >= 11 is 15.9. The standard InChI is InChI=1S/C17H28O8S4.C16H16O3.C12H15N3O3.C4H2N2.2H2/c18-13(1-5-26)22-9-17(10-23-14(19)2-6-27,11-24-15(20)3-7-28)12-25-16(21)4-8-29;1-18-16(19-2,14-11-7-4-8-12-14)15(17)13-9-5-3-6-10-13;1-4-7-13-10(16)14(8-5-2)12(18)15(9-6-3)11(13)17;5-3-1-2-4-6;;/h26-29H,1-12H2;3-12H,1-2H3;4-6H,1-3,7-9H2;1-2H;2*1H/b;;;2-1-;;/i;;;;1+2T;1+2. The average molecular weight is 1080 g/mol. The van der Waals surface area contributed by atoms with E-state index in [2.05, 4.69) is 70.3 Å². The number of carbonyl (C=O) groups is 5. The quantitative estimate of drug-likeness (QED) is 0.0145. The third kappa shape index (κ3) is 23.3. The molecule has 0 spiro atoms. The van der Waals surface area contributed by atoms with Crippen molar-refractivity contribution < 1.29 is 56.8 Å². The van der Waals surface area contributed by atoms with E-state index in [9.17, 15) is 38.4 Å². The summed E-state index contributed by atoms with van der Waals surface area (Å²) in [6.07, 6.45) is 6.78. The number of allylic oxidation sites excluding steroid dienone is 5. The molecule has 0 atom stereocenters. The largest absolute Gasteiger partial charge is 0.465 e. The van der Waals surface area contributed by atoms with Gasteiger partial charge in [-0.25, -0.2) is 28.1 Å². The van der Waals surface area contributed by atoms with E-state index in [1.165, 1.54) is 32.4 Å². The van der Waals surface area contributed by atoms with Crippen LogP contribution in [0.4, 0.5) is 0 Å². The molecule has 3 aromatic rings. The number of hydrogen-bond donors (Lipinski definition) is 4. The fourth-order valence-corrected chi connectivity index (χ4v) is 6.25. The normalized spacial score (nSPS) is 10.6. The van der Waals surface area contributed by atoms with Crippen molar-refractivity contribution >= 4 is 80.2 Å². The lowest BCUT2D eigenvalue weighted by atomic mass is 9.92. The zero-order valence-corrected chi connectivity index (χ0v) is 43.7. The number of thiol groups is 4. The molecule has 0 fully saturated rings. The Balaban J connectivity index is -0.000000985. The molecule has 23 heteroatoms. The molecule has 0 saturated heterocycles. The zero-order chi connectivity index (χ0) is 56.4. The molecule has 0 N–H and O–H groups in total. The first kappa shape index (κ1) is 63.7. The van der Waals surface area contributed by atoms with Gasteiger partial charge in [-0.15, -0.1) is 19.7 Å². The van der Waals surface area contributed by atoms with Crippen molar-refractivity contribution in [3.8, 4) is 12.1 Å². The molecule has 0 aliphatic rings. The highest BCUT2D eigenvalue weighted by Gasteiger charge is 2.41. The van der Waals surface area contributed by atoms with Crippen molar-refractivity contribution in [2.75, 3.05) is 63.7 Å². The highest BCUT2D eigenvalue weighted by Crippen LogP contribution is 2.30. The highest BCUT2D eigenvalue weighted by molar-refractivity contribution is 7.80. The van der Waals surface area contributed by atoms with E-state index >= 15 is 0 Å². The summed E-state index contributed by atoms with van der Waals surface area (Å²) in [5, 5.41) is 15.4. The van der Waals surface area contributed by atoms with E-state index in [0.717, 1.165) is 25.9 Å². The van der Waals surface area contributed by atoms with Gasteiger partial charge in [0.2, 0.25) is 5.78 Å². The maximum absolute atomic E-state index is 12.7. The van der Waals surface area contributed by atoms with Crippen LogP contribution in [0.3, 0.4) is 0 Å². The van der Waals surface area contributed by atoms with Gasteiger partial charge < -0.3 is 28.4 Å². The Morgan fingerprint density at radius 2 is 0.861 bits per heavy atom. The minimum Gasteiger partial charge on any atom is -0.465 e. The van der Waals surface area contributed by atoms with E-state index in [-0.39, 0.29) is 102 Å². The molecule has 0 aliphatic carbocycles. The van der Waals surface area contributed by atoms with Crippen LogP contribution in [0.5, 0.6) is 0 Å². The van der Waals surface area contributed by atoms with Crippen LogP contribution in [-0.2, 0) is 73.0 Å². The minimum atomic E-state index is -1.40. The molecular formula is C49H65N5O14S4. The molecule has 1 heterocycles. The lowest BCUT2D eigenvalue weighted by Crippen LogP contribution is -2.54. The summed E-state index contributed by atoms with van der Waals surface area (Å²) in [6, 6.07) is 21.5. The second kappa shape index (κ2) is 38.4. The summed E-state index contributed by atoms with van der Waals surface area (Å²) in [7, 11) is 2.94. The van der Waals surface area contributed by atoms with Gasteiger partial charge in [0.05, 0.1) is 57.5 Å². The fraction of sp³-hybridized carbons (Fsp3) is 0.388. The van der Waals surface area contributed by atoms with E-state index < -0.39 is 52.1 Å². The SMILES string of the molecule is C=CCn1c(=O)n(CC=C)c(=O)n(CC=C)c1=O.COC(OC)(C(=O)c1ccccc1)c1ccccc1.N#C/C=C\C#N.O=C(CCS)OCC(COC(=O)CCS)(COC(=O)CCS)COC(=O)CCS.[3HH].[3H][3H]. The lowest BCUT2D eigenvalue weighted by Gasteiger charge is -2.31. The second-order valence-corrected chi connectivity index (χ2v) is 16.0. The van der Waals surface area contributed by atoms with Gasteiger partial charge in [-0.3, -0.25) is 24.0 Å². The number of rotatable bonds is 27. The maximum atomic E-state index is 12.7. The van der Waals surface area contributed by atoms with E-state index in [4.69, 9.17) is 41.9 Å². The second-order valence-electron chi connectivity index (χ2n) is 14.3. The van der Waals surface area contributed by atoms with Crippen LogP contribution in [0.25, 0.3) is 0 Å². The smallest absolute Gasteiger partial charge is 0.336 e. The van der Waals surface area contributed by atoms with Crippen molar-refractivity contribution in [2.45, 2.75) is 51.1 Å². The van der Waals surface area contributed by atoms with Gasteiger partial charge in [-0.05, 0) is 0 Å². The number of esters is 4. The monoisotopic (exact) mass is 1080 g/mol. The van der Waals surface area contributed by atoms with Crippen molar-refractivity contribution in [3.05, 3.63) is 153 Å². The molecule has 0 amide bonds. The predicted molar refractivity (Wildman–Crippen MR) is 287 cm³/mol. The third-order valence-corrected chi connectivity index (χ3v) is 9.93. The number of ketones is 1. The van der Waals surface area contributed by atoms with Crippen LogP contribution >= 0.6 is 50.5 Å². The van der Waals surface area contributed by atoms with Gasteiger partial charge in [0.15, 0.2) is 0 Å². The summed E-state index contributed by atoms with van der Waals surface area (Å²) in [5.41, 5.74) is -2.01. The molecule has 19 nitrogen and oxygen atoms in total. The van der Waals surface area contributed by atoms with Crippen LogP contribution in [0.1, 0.15) is 46.0 Å².